The number of aromatic hydroxyl groups is 3. The van der Waals surface area contributed by atoms with Gasteiger partial charge in [0.05, 0.1) is 24.8 Å². The normalized spacial score (nSPS) is 10.1. The van der Waals surface area contributed by atoms with Crippen molar-refractivity contribution in [3.8, 4) is 68.6 Å². The van der Waals surface area contributed by atoms with Crippen LogP contribution in [0.3, 0.4) is 0 Å². The molecule has 164 valence electrons. The molecule has 0 fully saturated rings. The van der Waals surface area contributed by atoms with E-state index in [1.807, 2.05) is 0 Å². The van der Waals surface area contributed by atoms with E-state index in [9.17, 15) is 15.3 Å². The Balaban J connectivity index is 2.04. The van der Waals surface area contributed by atoms with Gasteiger partial charge < -0.3 is 29.5 Å². The summed E-state index contributed by atoms with van der Waals surface area (Å²) in [6.07, 6.45) is 0. The van der Waals surface area contributed by atoms with Crippen molar-refractivity contribution in [1.82, 2.24) is 0 Å². The van der Waals surface area contributed by atoms with E-state index in [-0.39, 0.29) is 40.4 Å². The maximum Gasteiger partial charge on any atom is 0.170 e. The van der Waals surface area contributed by atoms with Gasteiger partial charge in [0.1, 0.15) is 18.1 Å². The number of rotatable bonds is 6. The first-order valence-electron chi connectivity index (χ1n) is 9.42. The third-order valence-corrected chi connectivity index (χ3v) is 4.69. The summed E-state index contributed by atoms with van der Waals surface area (Å²) in [7, 11) is 2.92. The second kappa shape index (κ2) is 9.90. The lowest BCUT2D eigenvalue weighted by Crippen LogP contribution is -1.97. The minimum Gasteiger partial charge on any atom is -0.508 e. The SMILES string of the molecule is C=C(Cl)C#CCOc1ccc(-c2c(OC)cc(-c3ccc(O)cc3)c(OC)c2O)cc1O. The van der Waals surface area contributed by atoms with E-state index in [1.165, 1.54) is 32.4 Å². The molecule has 0 saturated carbocycles. The molecule has 3 aromatic rings. The molecule has 3 aromatic carbocycles. The zero-order valence-corrected chi connectivity index (χ0v) is 18.2. The number of phenols is 3. The van der Waals surface area contributed by atoms with Gasteiger partial charge in [-0.3, -0.25) is 0 Å². The Morgan fingerprint density at radius 2 is 1.62 bits per heavy atom. The molecule has 0 unspecified atom stereocenters. The highest BCUT2D eigenvalue weighted by Gasteiger charge is 2.22. The number of phenolic OH excluding ortho intramolecular Hbond substituents is 3. The highest BCUT2D eigenvalue weighted by molar-refractivity contribution is 6.31. The van der Waals surface area contributed by atoms with E-state index in [2.05, 4.69) is 18.4 Å². The first-order valence-corrected chi connectivity index (χ1v) is 9.80. The second-order valence-corrected chi connectivity index (χ2v) is 7.06. The van der Waals surface area contributed by atoms with Gasteiger partial charge in [-0.1, -0.05) is 48.2 Å². The van der Waals surface area contributed by atoms with Crippen LogP contribution in [0.1, 0.15) is 0 Å². The number of halogens is 1. The fourth-order valence-corrected chi connectivity index (χ4v) is 3.24. The smallest absolute Gasteiger partial charge is 0.170 e. The summed E-state index contributed by atoms with van der Waals surface area (Å²) in [5.41, 5.74) is 2.12. The molecule has 32 heavy (non-hydrogen) atoms. The van der Waals surface area contributed by atoms with Crippen molar-refractivity contribution >= 4 is 11.6 Å². The van der Waals surface area contributed by atoms with Gasteiger partial charge in [-0.15, -0.1) is 0 Å². The van der Waals surface area contributed by atoms with Gasteiger partial charge in [0.25, 0.3) is 0 Å². The molecule has 0 saturated heterocycles. The Hall–Kier alpha value is -3.95. The molecule has 0 atom stereocenters. The molecule has 0 aliphatic carbocycles. The highest BCUT2D eigenvalue weighted by Crippen LogP contribution is 2.50. The van der Waals surface area contributed by atoms with Crippen molar-refractivity contribution in [2.75, 3.05) is 20.8 Å². The van der Waals surface area contributed by atoms with E-state index in [1.54, 1.807) is 30.3 Å². The standard InChI is InChI=1S/C25H21ClO6/c1-15(26)5-4-12-32-21-11-8-17(13-20(21)28)23-22(30-2)14-19(25(31-3)24(23)29)16-6-9-18(27)10-7-16/h6-11,13-14,27-29H,1,12H2,2-3H3. The van der Waals surface area contributed by atoms with E-state index in [0.717, 1.165) is 0 Å². The van der Waals surface area contributed by atoms with Crippen LogP contribution in [-0.2, 0) is 0 Å². The lowest BCUT2D eigenvalue weighted by molar-refractivity contribution is 0.342. The molecule has 0 amide bonds. The molecule has 7 heteroatoms. The number of hydrogen-bond acceptors (Lipinski definition) is 6. The summed E-state index contributed by atoms with van der Waals surface area (Å²) < 4.78 is 16.4. The summed E-state index contributed by atoms with van der Waals surface area (Å²) in [4.78, 5) is 0. The maximum atomic E-state index is 11.0. The van der Waals surface area contributed by atoms with Crippen LogP contribution in [-0.4, -0.2) is 36.1 Å². The van der Waals surface area contributed by atoms with Crippen LogP contribution in [0.25, 0.3) is 22.3 Å². The van der Waals surface area contributed by atoms with Crippen LogP contribution < -0.4 is 14.2 Å². The predicted molar refractivity (Wildman–Crippen MR) is 124 cm³/mol. The van der Waals surface area contributed by atoms with Crippen molar-refractivity contribution in [2.24, 2.45) is 0 Å². The minimum atomic E-state index is -0.158. The quantitative estimate of drug-likeness (QED) is 0.440. The molecule has 6 nitrogen and oxygen atoms in total. The number of benzene rings is 3. The Labute approximate surface area is 190 Å². The van der Waals surface area contributed by atoms with Gasteiger partial charge in [-0.2, -0.15) is 0 Å². The lowest BCUT2D eigenvalue weighted by Gasteiger charge is -2.18. The molecule has 0 aromatic heterocycles. The van der Waals surface area contributed by atoms with E-state index >= 15 is 0 Å². The Morgan fingerprint density at radius 1 is 0.938 bits per heavy atom. The fourth-order valence-electron chi connectivity index (χ4n) is 3.17. The lowest BCUT2D eigenvalue weighted by atomic mass is 9.96. The first kappa shape index (κ1) is 22.7. The molecule has 3 rings (SSSR count). The maximum absolute atomic E-state index is 11.0. The van der Waals surface area contributed by atoms with Crippen LogP contribution >= 0.6 is 11.6 Å². The average Bonchev–Trinajstić information content (AvgIpc) is 2.77. The average molecular weight is 453 g/mol. The molecule has 0 spiro atoms. The van der Waals surface area contributed by atoms with Crippen molar-refractivity contribution in [3.63, 3.8) is 0 Å². The molecule has 0 aliphatic rings. The number of allylic oxidation sites excluding steroid dienone is 1. The largest absolute Gasteiger partial charge is 0.508 e. The van der Waals surface area contributed by atoms with Crippen LogP contribution in [0, 0.1) is 11.8 Å². The van der Waals surface area contributed by atoms with E-state index < -0.39 is 0 Å². The summed E-state index contributed by atoms with van der Waals surface area (Å²) in [6, 6.07) is 12.9. The van der Waals surface area contributed by atoms with Gasteiger partial charge in [-0.25, -0.2) is 0 Å². The third kappa shape index (κ3) is 4.85. The molecule has 0 aliphatic heterocycles. The van der Waals surface area contributed by atoms with Gasteiger partial charge in [0.15, 0.2) is 23.0 Å². The fraction of sp³-hybridized carbons (Fsp3) is 0.120. The number of methoxy groups -OCH3 is 2. The van der Waals surface area contributed by atoms with Crippen molar-refractivity contribution < 1.29 is 29.5 Å². The van der Waals surface area contributed by atoms with E-state index in [4.69, 9.17) is 25.8 Å². The molecular formula is C25H21ClO6. The van der Waals surface area contributed by atoms with Gasteiger partial charge in [0.2, 0.25) is 0 Å². The molecule has 0 radical (unpaired) electrons. The highest BCUT2D eigenvalue weighted by atomic mass is 35.5. The zero-order valence-electron chi connectivity index (χ0n) is 17.5. The summed E-state index contributed by atoms with van der Waals surface area (Å²) in [6.45, 7) is 3.48. The molecular weight excluding hydrogens is 432 g/mol. The number of hydrogen-bond donors (Lipinski definition) is 3. The van der Waals surface area contributed by atoms with Crippen LogP contribution in [0.2, 0.25) is 0 Å². The summed E-state index contributed by atoms with van der Waals surface area (Å²) in [5, 5.41) is 31.2. The summed E-state index contributed by atoms with van der Waals surface area (Å²) >= 11 is 5.57. The monoisotopic (exact) mass is 452 g/mol. The van der Waals surface area contributed by atoms with Crippen molar-refractivity contribution in [1.29, 1.82) is 0 Å². The Morgan fingerprint density at radius 3 is 2.22 bits per heavy atom. The molecule has 0 heterocycles. The van der Waals surface area contributed by atoms with Crippen LogP contribution in [0.5, 0.6) is 34.5 Å². The van der Waals surface area contributed by atoms with E-state index in [0.29, 0.717) is 28.0 Å². The van der Waals surface area contributed by atoms with Gasteiger partial charge in [0, 0.05) is 5.56 Å². The third-order valence-electron chi connectivity index (χ3n) is 4.59. The van der Waals surface area contributed by atoms with Crippen molar-refractivity contribution in [2.45, 2.75) is 0 Å². The Bertz CT molecular complexity index is 1210. The second-order valence-electron chi connectivity index (χ2n) is 6.61. The van der Waals surface area contributed by atoms with Crippen LogP contribution in [0.4, 0.5) is 0 Å². The molecule has 3 N–H and O–H groups in total. The summed E-state index contributed by atoms with van der Waals surface area (Å²) in [5.74, 6) is 5.87. The zero-order chi connectivity index (χ0) is 23.3. The topological polar surface area (TPSA) is 88.4 Å². The predicted octanol–water partition coefficient (Wildman–Crippen LogP) is 5.29. The van der Waals surface area contributed by atoms with Crippen LogP contribution in [0.15, 0.2) is 60.1 Å². The van der Waals surface area contributed by atoms with Gasteiger partial charge in [-0.05, 0) is 41.5 Å². The number of ether oxygens (including phenoxy) is 3. The Kier molecular flexibility index (Phi) is 7.04. The molecule has 0 bridgehead atoms. The van der Waals surface area contributed by atoms with Crippen molar-refractivity contribution in [3.05, 3.63) is 60.1 Å². The first-order chi connectivity index (χ1) is 15.3. The van der Waals surface area contributed by atoms with Gasteiger partial charge >= 0.3 is 0 Å². The minimum absolute atomic E-state index is 0.0162.